The van der Waals surface area contributed by atoms with E-state index in [-0.39, 0.29) is 94.6 Å². The van der Waals surface area contributed by atoms with Gasteiger partial charge in [0, 0.05) is 30.1 Å². The Morgan fingerprint density at radius 3 is 1.98 bits per heavy atom. The number of hydrogen-bond acceptors (Lipinski definition) is 6. The van der Waals surface area contributed by atoms with Crippen molar-refractivity contribution in [1.29, 1.82) is 0 Å². The predicted octanol–water partition coefficient (Wildman–Crippen LogP) is 7.34. The van der Waals surface area contributed by atoms with Crippen LogP contribution in [0.1, 0.15) is 107 Å². The molecular formula is C43H57N7O4S4. The highest BCUT2D eigenvalue weighted by Gasteiger charge is 2.56. The van der Waals surface area contributed by atoms with Crippen molar-refractivity contribution in [3.05, 3.63) is 71.4 Å². The van der Waals surface area contributed by atoms with E-state index in [9.17, 15) is 14.4 Å². The maximum absolute atomic E-state index is 13.8. The summed E-state index contributed by atoms with van der Waals surface area (Å²) in [6, 6.07) is 13.3. The second-order valence-electron chi connectivity index (χ2n) is 17.2. The van der Waals surface area contributed by atoms with Crippen molar-refractivity contribution in [2.24, 2.45) is 28.6 Å². The number of H-pyrrole nitrogens is 2. The first-order valence-corrected chi connectivity index (χ1v) is 19.7. The standard InChI is InChI=1S/C43H49N7O4.4H2S/c1-25(2)36(48-41(53)54-4)40(52)50-24-42(15-16-42)20-34(50)37-44-22-33(47-37)30-10-7-27(8-11-30)5-6-28-9-14-31-32(19-28)46-38(45-31)35-21-43(17-18-43)23-49(35)39(51)26(3)29-12-13-29;;;;/h7-11,14,19,22,25-26,29,34-36H,12-13,15-18,20-21,23-24H2,1-4H3,(H,44,47)(H,45,46)(H,48,53);4*1H2/t26-,34-,35-,36-;;;;/m0..../s1. The van der Waals surface area contributed by atoms with E-state index in [0.29, 0.717) is 18.4 Å². The fourth-order valence-corrected chi connectivity index (χ4v) is 8.88. The second kappa shape index (κ2) is 17.5. The van der Waals surface area contributed by atoms with Crippen molar-refractivity contribution in [1.82, 2.24) is 35.1 Å². The summed E-state index contributed by atoms with van der Waals surface area (Å²) < 4.78 is 4.81. The Balaban J connectivity index is 0.00000160. The zero-order valence-corrected chi connectivity index (χ0v) is 37.6. The number of amides is 3. The van der Waals surface area contributed by atoms with E-state index in [1.165, 1.54) is 32.8 Å². The first-order chi connectivity index (χ1) is 26.0. The third kappa shape index (κ3) is 8.90. The number of carbonyl (C=O) groups excluding carboxylic acids is 3. The highest BCUT2D eigenvalue weighted by Crippen LogP contribution is 2.59. The van der Waals surface area contributed by atoms with Crippen molar-refractivity contribution in [2.45, 2.75) is 90.3 Å². The molecule has 2 saturated heterocycles. The van der Waals surface area contributed by atoms with Crippen molar-refractivity contribution in [2.75, 3.05) is 20.2 Å². The van der Waals surface area contributed by atoms with E-state index in [2.05, 4.69) is 45.0 Å². The van der Waals surface area contributed by atoms with Crippen LogP contribution in [0.5, 0.6) is 0 Å². The van der Waals surface area contributed by atoms with Gasteiger partial charge in [0.1, 0.15) is 17.7 Å². The van der Waals surface area contributed by atoms with E-state index in [1.54, 1.807) is 0 Å². The summed E-state index contributed by atoms with van der Waals surface area (Å²) >= 11 is 0. The van der Waals surface area contributed by atoms with Crippen LogP contribution < -0.4 is 5.32 Å². The smallest absolute Gasteiger partial charge is 0.407 e. The third-order valence-corrected chi connectivity index (χ3v) is 12.9. The van der Waals surface area contributed by atoms with Crippen molar-refractivity contribution in [3.63, 3.8) is 0 Å². The van der Waals surface area contributed by atoms with E-state index >= 15 is 0 Å². The summed E-state index contributed by atoms with van der Waals surface area (Å²) in [7, 11) is 1.31. The van der Waals surface area contributed by atoms with Gasteiger partial charge in [-0.1, -0.05) is 44.7 Å². The molecule has 5 fully saturated rings. The number of aromatic amines is 2. The van der Waals surface area contributed by atoms with Crippen LogP contribution in [0.15, 0.2) is 48.7 Å². The summed E-state index contributed by atoms with van der Waals surface area (Å²) in [5.74, 6) is 9.02. The number of nitrogens with one attached hydrogen (secondary N) is 3. The Hall–Kier alpha value is -3.71. The van der Waals surface area contributed by atoms with Crippen LogP contribution >= 0.6 is 54.0 Å². The van der Waals surface area contributed by atoms with Crippen LogP contribution in [0.25, 0.3) is 22.3 Å². The van der Waals surface area contributed by atoms with E-state index in [1.807, 2.05) is 61.3 Å². The maximum atomic E-state index is 13.8. The highest BCUT2D eigenvalue weighted by molar-refractivity contribution is 7.59. The Morgan fingerprint density at radius 2 is 1.40 bits per heavy atom. The number of aromatic nitrogens is 4. The SMILES string of the molecule is COC(=O)N[C@H](C(=O)N1CC2(CC2)C[C@H]1c1ncc(-c2ccc(C#Cc3ccc4nc([C@@H]5CC6(CC6)CN5C(=O)[C@@H](C)C5CC5)[nH]c4c3)cc2)[nH]1)C(C)C.S.S.S.S. The van der Waals surface area contributed by atoms with Gasteiger partial charge in [-0.15, -0.1) is 0 Å². The predicted molar refractivity (Wildman–Crippen MR) is 245 cm³/mol. The van der Waals surface area contributed by atoms with Crippen LogP contribution in [0.3, 0.4) is 0 Å². The molecule has 3 saturated carbocycles. The zero-order valence-electron chi connectivity index (χ0n) is 33.6. The molecule has 15 heteroatoms. The topological polar surface area (TPSA) is 136 Å². The van der Waals surface area contributed by atoms with E-state index < -0.39 is 12.1 Å². The lowest BCUT2D eigenvalue weighted by Gasteiger charge is -2.30. The van der Waals surface area contributed by atoms with Gasteiger partial charge >= 0.3 is 6.09 Å². The largest absolute Gasteiger partial charge is 0.453 e. The number of methoxy groups -OCH3 is 1. The van der Waals surface area contributed by atoms with Gasteiger partial charge in [-0.25, -0.2) is 14.8 Å². The molecule has 2 aromatic carbocycles. The minimum absolute atomic E-state index is 0. The average Bonchev–Trinajstić information content (AvgIpc) is 4.12. The molecule has 9 rings (SSSR count). The molecule has 2 aliphatic heterocycles. The summed E-state index contributed by atoms with van der Waals surface area (Å²) in [6.07, 6.45) is 10.0. The number of nitrogens with zero attached hydrogens (tertiary/aromatic N) is 4. The molecule has 0 bridgehead atoms. The van der Waals surface area contributed by atoms with Crippen LogP contribution in [0.4, 0.5) is 4.79 Å². The van der Waals surface area contributed by atoms with Gasteiger partial charge in [0.2, 0.25) is 11.8 Å². The van der Waals surface area contributed by atoms with E-state index in [0.717, 1.165) is 77.3 Å². The van der Waals surface area contributed by atoms with Gasteiger partial charge in [0.15, 0.2) is 0 Å². The van der Waals surface area contributed by atoms with Crippen LogP contribution in [-0.4, -0.2) is 73.9 Å². The van der Waals surface area contributed by atoms with Gasteiger partial charge in [-0.2, -0.15) is 54.0 Å². The molecule has 4 heterocycles. The minimum Gasteiger partial charge on any atom is -0.453 e. The Labute approximate surface area is 368 Å². The summed E-state index contributed by atoms with van der Waals surface area (Å²) in [5, 5.41) is 2.74. The van der Waals surface area contributed by atoms with Crippen LogP contribution in [0, 0.1) is 40.4 Å². The van der Waals surface area contributed by atoms with Gasteiger partial charge in [-0.3, -0.25) is 9.59 Å². The lowest BCUT2D eigenvalue weighted by Crippen LogP contribution is -2.51. The summed E-state index contributed by atoms with van der Waals surface area (Å²) in [6.45, 7) is 7.49. The zero-order chi connectivity index (χ0) is 37.4. The number of fused-ring (bicyclic) bond motifs is 1. The normalized spacial score (nSPS) is 21.5. The van der Waals surface area contributed by atoms with Crippen molar-refractivity contribution < 1.29 is 19.1 Å². The van der Waals surface area contributed by atoms with Gasteiger partial charge in [0.05, 0.1) is 42.1 Å². The molecule has 0 radical (unpaired) electrons. The molecule has 5 aliphatic rings. The lowest BCUT2D eigenvalue weighted by molar-refractivity contribution is -0.137. The van der Waals surface area contributed by atoms with Crippen LogP contribution in [0.2, 0.25) is 0 Å². The second-order valence-corrected chi connectivity index (χ2v) is 17.2. The van der Waals surface area contributed by atoms with Gasteiger partial charge in [-0.05, 0) is 110 Å². The molecule has 58 heavy (non-hydrogen) atoms. The maximum Gasteiger partial charge on any atom is 0.407 e. The quantitative estimate of drug-likeness (QED) is 0.159. The van der Waals surface area contributed by atoms with Crippen molar-refractivity contribution >= 4 is 82.9 Å². The monoisotopic (exact) mass is 863 g/mol. The minimum atomic E-state index is -0.675. The Kier molecular flexibility index (Phi) is 13.7. The molecule has 11 nitrogen and oxygen atoms in total. The van der Waals surface area contributed by atoms with Crippen LogP contribution in [-0.2, 0) is 14.3 Å². The first-order valence-electron chi connectivity index (χ1n) is 19.7. The molecule has 4 atom stereocenters. The molecular weight excluding hydrogens is 807 g/mol. The van der Waals surface area contributed by atoms with E-state index in [4.69, 9.17) is 14.7 Å². The molecule has 3 aliphatic carbocycles. The molecule has 2 spiro atoms. The molecule has 0 unspecified atom stereocenters. The average molecular weight is 864 g/mol. The molecule has 3 N–H and O–H groups in total. The number of hydrogen-bond donors (Lipinski definition) is 3. The number of likely N-dealkylation sites (tertiary alicyclic amines) is 2. The fraction of sp³-hybridized carbons (Fsp3) is 0.512. The summed E-state index contributed by atoms with van der Waals surface area (Å²) in [4.78, 5) is 60.2. The molecule has 3 amide bonds. The number of imidazole rings is 2. The Bertz CT molecular complexity index is 2200. The molecule has 312 valence electrons. The summed E-state index contributed by atoms with van der Waals surface area (Å²) in [5.41, 5.74) is 5.90. The molecule has 4 aromatic rings. The number of alkyl carbamates (subject to hydrolysis) is 1. The first kappa shape index (κ1) is 45.4. The van der Waals surface area contributed by atoms with Gasteiger partial charge in [0.25, 0.3) is 0 Å². The van der Waals surface area contributed by atoms with Gasteiger partial charge < -0.3 is 29.8 Å². The van der Waals surface area contributed by atoms with Crippen molar-refractivity contribution in [3.8, 4) is 23.1 Å². The number of carbonyl (C=O) groups is 3. The number of benzene rings is 2. The lowest BCUT2D eigenvalue weighted by atomic mass is 10.0. The third-order valence-electron chi connectivity index (χ3n) is 12.9. The molecule has 2 aromatic heterocycles. The highest BCUT2D eigenvalue weighted by atomic mass is 32.1. The Morgan fingerprint density at radius 1 is 0.810 bits per heavy atom. The fourth-order valence-electron chi connectivity index (χ4n) is 8.88. The number of rotatable bonds is 8. The number of ether oxygens (including phenoxy) is 1.